The number of azide groups is 1. The van der Waals surface area contributed by atoms with Crippen LogP contribution in [0.25, 0.3) is 10.4 Å². The van der Waals surface area contributed by atoms with Gasteiger partial charge in [0.2, 0.25) is 0 Å². The van der Waals surface area contributed by atoms with Crippen molar-refractivity contribution in [3.8, 4) is 0 Å². The summed E-state index contributed by atoms with van der Waals surface area (Å²) < 4.78 is 19.6. The Labute approximate surface area is 48.6 Å². The number of nitrogens with zero attached hydrogens (tertiary/aromatic N) is 3. The SMILES string of the molecule is CC(N=[N+]=[N-])S(=O)[O-]. The van der Waals surface area contributed by atoms with E-state index in [-0.39, 0.29) is 0 Å². The molecular formula is C2H4N3O2S-. The predicted octanol–water partition coefficient (Wildman–Crippen LogP) is 0.522. The van der Waals surface area contributed by atoms with Gasteiger partial charge in [-0.1, -0.05) is 5.11 Å². The summed E-state index contributed by atoms with van der Waals surface area (Å²) in [5, 5.41) is 1.93. The zero-order valence-electron chi connectivity index (χ0n) is 4.14. The summed E-state index contributed by atoms with van der Waals surface area (Å²) in [5.41, 5.74) is 7.67. The van der Waals surface area contributed by atoms with Crippen molar-refractivity contribution in [1.29, 1.82) is 0 Å². The first kappa shape index (κ1) is 7.42. The molecule has 0 amide bonds. The lowest BCUT2D eigenvalue weighted by Gasteiger charge is -2.05. The monoisotopic (exact) mass is 134 g/mol. The minimum Gasteiger partial charge on any atom is -0.772 e. The van der Waals surface area contributed by atoms with E-state index in [4.69, 9.17) is 5.53 Å². The van der Waals surface area contributed by atoms with Crippen LogP contribution < -0.4 is 0 Å². The molecule has 2 unspecified atom stereocenters. The molecule has 0 aliphatic rings. The molecule has 2 atom stereocenters. The van der Waals surface area contributed by atoms with Gasteiger partial charge in [0.1, 0.15) is 0 Å². The molecule has 0 aromatic heterocycles. The molecule has 0 radical (unpaired) electrons. The Morgan fingerprint density at radius 2 is 2.50 bits per heavy atom. The highest BCUT2D eigenvalue weighted by Gasteiger charge is 1.93. The van der Waals surface area contributed by atoms with Gasteiger partial charge >= 0.3 is 0 Å². The Morgan fingerprint density at radius 3 is 2.62 bits per heavy atom. The zero-order valence-corrected chi connectivity index (χ0v) is 4.96. The van der Waals surface area contributed by atoms with E-state index in [1.165, 1.54) is 6.92 Å². The molecule has 0 rings (SSSR count). The maximum absolute atomic E-state index is 9.82. The van der Waals surface area contributed by atoms with Crippen molar-refractivity contribution >= 4 is 11.1 Å². The van der Waals surface area contributed by atoms with E-state index in [2.05, 4.69) is 10.0 Å². The summed E-state index contributed by atoms with van der Waals surface area (Å²) in [6, 6.07) is 0. The van der Waals surface area contributed by atoms with E-state index in [0.717, 1.165) is 0 Å². The van der Waals surface area contributed by atoms with Gasteiger partial charge in [0, 0.05) is 4.91 Å². The fourth-order valence-electron chi connectivity index (χ4n) is 0.111. The van der Waals surface area contributed by atoms with Crippen LogP contribution in [-0.2, 0) is 11.1 Å². The Balaban J connectivity index is 3.82. The van der Waals surface area contributed by atoms with Crippen LogP contribution in [0.15, 0.2) is 5.11 Å². The molecule has 6 heteroatoms. The van der Waals surface area contributed by atoms with Crippen LogP contribution in [0.5, 0.6) is 0 Å². The third-order valence-corrected chi connectivity index (χ3v) is 1.14. The van der Waals surface area contributed by atoms with E-state index < -0.39 is 16.5 Å². The first-order valence-electron chi connectivity index (χ1n) is 1.80. The van der Waals surface area contributed by atoms with E-state index in [0.29, 0.717) is 0 Å². The molecule has 0 fully saturated rings. The molecule has 0 heterocycles. The molecule has 0 bridgehead atoms. The Hall–Kier alpha value is -0.580. The number of hydrogen-bond donors (Lipinski definition) is 0. The van der Waals surface area contributed by atoms with Crippen molar-refractivity contribution in [3.05, 3.63) is 10.4 Å². The van der Waals surface area contributed by atoms with Crippen LogP contribution in [0.4, 0.5) is 0 Å². The smallest absolute Gasteiger partial charge is 0.0972 e. The molecular weight excluding hydrogens is 130 g/mol. The van der Waals surface area contributed by atoms with E-state index in [9.17, 15) is 8.76 Å². The molecule has 0 spiro atoms. The van der Waals surface area contributed by atoms with Gasteiger partial charge in [-0.25, -0.2) is 0 Å². The van der Waals surface area contributed by atoms with Gasteiger partial charge in [-0.3, -0.25) is 4.21 Å². The predicted molar refractivity (Wildman–Crippen MR) is 27.5 cm³/mol. The highest BCUT2D eigenvalue weighted by atomic mass is 32.2. The maximum atomic E-state index is 9.82. The highest BCUT2D eigenvalue weighted by molar-refractivity contribution is 7.79. The standard InChI is InChI=1S/C2H5N3O2S/c1-2(4-5-3)8(6)7/h2H,1H3,(H,6,7)/p-1. The first-order chi connectivity index (χ1) is 3.68. The number of hydrogen-bond acceptors (Lipinski definition) is 3. The molecule has 0 aliphatic carbocycles. The molecule has 0 saturated carbocycles. The average molecular weight is 134 g/mol. The van der Waals surface area contributed by atoms with Crippen molar-refractivity contribution in [2.24, 2.45) is 5.11 Å². The molecule has 0 N–H and O–H groups in total. The van der Waals surface area contributed by atoms with Crippen molar-refractivity contribution < 1.29 is 8.76 Å². The molecule has 8 heavy (non-hydrogen) atoms. The lowest BCUT2D eigenvalue weighted by atomic mass is 10.8. The fraction of sp³-hybridized carbons (Fsp3) is 1.00. The van der Waals surface area contributed by atoms with E-state index in [1.54, 1.807) is 0 Å². The van der Waals surface area contributed by atoms with E-state index >= 15 is 0 Å². The van der Waals surface area contributed by atoms with Crippen molar-refractivity contribution in [3.63, 3.8) is 0 Å². The second-order valence-electron chi connectivity index (χ2n) is 1.06. The highest BCUT2D eigenvalue weighted by Crippen LogP contribution is 1.91. The van der Waals surface area contributed by atoms with Gasteiger partial charge in [-0.2, -0.15) is 0 Å². The van der Waals surface area contributed by atoms with Crippen molar-refractivity contribution in [2.45, 2.75) is 12.3 Å². The number of rotatable bonds is 2. The second kappa shape index (κ2) is 3.43. The third kappa shape index (κ3) is 2.57. The normalized spacial score (nSPS) is 16.2. The maximum Gasteiger partial charge on any atom is 0.0972 e. The van der Waals surface area contributed by atoms with Crippen LogP contribution in [0, 0.1) is 0 Å². The summed E-state index contributed by atoms with van der Waals surface area (Å²) in [6.45, 7) is 1.29. The van der Waals surface area contributed by atoms with Crippen LogP contribution in [0.2, 0.25) is 0 Å². The minimum atomic E-state index is -2.28. The second-order valence-corrected chi connectivity index (χ2v) is 2.27. The van der Waals surface area contributed by atoms with Crippen LogP contribution in [0.3, 0.4) is 0 Å². The van der Waals surface area contributed by atoms with Gasteiger partial charge in [0.25, 0.3) is 0 Å². The molecule has 0 aliphatic heterocycles. The third-order valence-electron chi connectivity index (χ3n) is 0.493. The molecule has 0 aromatic carbocycles. The molecule has 46 valence electrons. The Bertz CT molecular complexity index is 138. The molecule has 0 aromatic rings. The molecule has 0 saturated heterocycles. The van der Waals surface area contributed by atoms with Gasteiger partial charge in [-0.05, 0) is 23.5 Å². The largest absolute Gasteiger partial charge is 0.772 e. The van der Waals surface area contributed by atoms with Gasteiger partial charge < -0.3 is 4.55 Å². The summed E-state index contributed by atoms with van der Waals surface area (Å²) in [5.74, 6) is 0. The Morgan fingerprint density at radius 1 is 2.00 bits per heavy atom. The van der Waals surface area contributed by atoms with Crippen molar-refractivity contribution in [1.82, 2.24) is 0 Å². The minimum absolute atomic E-state index is 0.958. The zero-order chi connectivity index (χ0) is 6.57. The van der Waals surface area contributed by atoms with Crippen LogP contribution >= 0.6 is 0 Å². The summed E-state index contributed by atoms with van der Waals surface area (Å²) in [4.78, 5) is 2.29. The van der Waals surface area contributed by atoms with Gasteiger partial charge in [-0.15, -0.1) is 0 Å². The Kier molecular flexibility index (Phi) is 3.18. The first-order valence-corrected chi connectivity index (χ1v) is 2.94. The topological polar surface area (TPSA) is 88.9 Å². The molecule has 5 nitrogen and oxygen atoms in total. The fourth-order valence-corrected chi connectivity index (χ4v) is 0.230. The summed E-state index contributed by atoms with van der Waals surface area (Å²) in [6.07, 6.45) is 0. The lowest BCUT2D eigenvalue weighted by molar-refractivity contribution is 0.526. The average Bonchev–Trinajstić information content (AvgIpc) is 1.67. The van der Waals surface area contributed by atoms with Crippen molar-refractivity contribution in [2.75, 3.05) is 0 Å². The van der Waals surface area contributed by atoms with Crippen LogP contribution in [0.1, 0.15) is 6.92 Å². The van der Waals surface area contributed by atoms with Gasteiger partial charge in [0.05, 0.1) is 5.37 Å². The van der Waals surface area contributed by atoms with Gasteiger partial charge in [0.15, 0.2) is 0 Å². The lowest BCUT2D eigenvalue weighted by Crippen LogP contribution is -2.03. The quantitative estimate of drug-likeness (QED) is 0.238. The van der Waals surface area contributed by atoms with Crippen LogP contribution in [-0.4, -0.2) is 14.1 Å². The summed E-state index contributed by atoms with van der Waals surface area (Å²) in [7, 11) is 0. The summed E-state index contributed by atoms with van der Waals surface area (Å²) >= 11 is -2.28. The van der Waals surface area contributed by atoms with E-state index in [1.807, 2.05) is 0 Å².